The van der Waals surface area contributed by atoms with Gasteiger partial charge in [0.15, 0.2) is 0 Å². The van der Waals surface area contributed by atoms with Gasteiger partial charge in [-0.25, -0.2) is 0 Å². The van der Waals surface area contributed by atoms with E-state index < -0.39 is 0 Å². The number of hydrogen-bond acceptors (Lipinski definition) is 2. The molecule has 150 valence electrons. The number of rotatable bonds is 5. The van der Waals surface area contributed by atoms with Crippen LogP contribution in [0.25, 0.3) is 11.3 Å². The maximum absolute atomic E-state index is 5.37. The van der Waals surface area contributed by atoms with E-state index in [-0.39, 0.29) is 5.92 Å². The molecular formula is C29H23NO. The van der Waals surface area contributed by atoms with Gasteiger partial charge in [-0.15, -0.1) is 0 Å². The van der Waals surface area contributed by atoms with Crippen LogP contribution in [0.4, 0.5) is 0 Å². The lowest BCUT2D eigenvalue weighted by atomic mass is 9.81. The van der Waals surface area contributed by atoms with Crippen LogP contribution in [0, 0.1) is 0 Å². The molecule has 1 heterocycles. The van der Waals surface area contributed by atoms with Crippen molar-refractivity contribution in [3.05, 3.63) is 138 Å². The minimum Gasteiger partial charge on any atom is -0.497 e. The second-order valence-electron chi connectivity index (χ2n) is 7.56. The summed E-state index contributed by atoms with van der Waals surface area (Å²) in [6.07, 6.45) is 0. The lowest BCUT2D eigenvalue weighted by Crippen LogP contribution is -2.12. The van der Waals surface area contributed by atoms with Crippen LogP contribution in [-0.2, 0) is 0 Å². The lowest BCUT2D eigenvalue weighted by Gasteiger charge is -2.19. The molecule has 0 radical (unpaired) electrons. The van der Waals surface area contributed by atoms with Crippen LogP contribution in [0.1, 0.15) is 28.2 Å². The van der Waals surface area contributed by atoms with Crippen LogP contribution in [0.15, 0.2) is 120 Å². The van der Waals surface area contributed by atoms with Gasteiger partial charge in [-0.2, -0.15) is 0 Å². The van der Waals surface area contributed by atoms with Gasteiger partial charge in [0.2, 0.25) is 0 Å². The quantitative estimate of drug-likeness (QED) is 0.358. The van der Waals surface area contributed by atoms with E-state index in [1.165, 1.54) is 16.7 Å². The Kier molecular flexibility index (Phi) is 5.20. The lowest BCUT2D eigenvalue weighted by molar-refractivity contribution is 0.415. The zero-order valence-corrected chi connectivity index (χ0v) is 17.4. The normalized spacial score (nSPS) is 15.6. The fraction of sp³-hybridized carbons (Fsp3) is 0.0690. The van der Waals surface area contributed by atoms with Gasteiger partial charge in [0.05, 0.1) is 24.4 Å². The number of ether oxygens (including phenoxy) is 1. The van der Waals surface area contributed by atoms with Crippen molar-refractivity contribution in [3.8, 4) is 5.75 Å². The molecule has 0 bridgehead atoms. The summed E-state index contributed by atoms with van der Waals surface area (Å²) in [4.78, 5) is 5.26. The van der Waals surface area contributed by atoms with Gasteiger partial charge in [0, 0.05) is 5.56 Å². The van der Waals surface area contributed by atoms with Gasteiger partial charge in [0.25, 0.3) is 0 Å². The van der Waals surface area contributed by atoms with E-state index in [2.05, 4.69) is 97.1 Å². The van der Waals surface area contributed by atoms with Crippen LogP contribution in [-0.4, -0.2) is 12.8 Å². The van der Waals surface area contributed by atoms with Crippen LogP contribution in [0.2, 0.25) is 0 Å². The smallest absolute Gasteiger partial charge is 0.118 e. The Labute approximate surface area is 183 Å². The highest BCUT2D eigenvalue weighted by Crippen LogP contribution is 2.46. The van der Waals surface area contributed by atoms with Crippen molar-refractivity contribution in [2.45, 2.75) is 5.92 Å². The predicted octanol–water partition coefficient (Wildman–Crippen LogP) is 6.85. The molecule has 31 heavy (non-hydrogen) atoms. The third-order valence-electron chi connectivity index (χ3n) is 5.70. The highest BCUT2D eigenvalue weighted by molar-refractivity contribution is 6.21. The van der Waals surface area contributed by atoms with Crippen LogP contribution in [0.3, 0.4) is 0 Å². The molecule has 5 rings (SSSR count). The number of methoxy groups -OCH3 is 1. The summed E-state index contributed by atoms with van der Waals surface area (Å²) < 4.78 is 5.37. The molecule has 4 aromatic carbocycles. The molecule has 0 N–H and O–H groups in total. The van der Waals surface area contributed by atoms with Crippen molar-refractivity contribution in [2.24, 2.45) is 4.99 Å². The molecule has 0 spiro atoms. The average Bonchev–Trinajstić information content (AvgIpc) is 3.26. The highest BCUT2D eigenvalue weighted by atomic mass is 16.5. The third-order valence-corrected chi connectivity index (χ3v) is 5.70. The van der Waals surface area contributed by atoms with Crippen LogP contribution >= 0.6 is 0 Å². The molecular weight excluding hydrogens is 378 g/mol. The fourth-order valence-electron chi connectivity index (χ4n) is 4.22. The Hall–Kier alpha value is -3.91. The van der Waals surface area contributed by atoms with Gasteiger partial charge in [0.1, 0.15) is 5.75 Å². The van der Waals surface area contributed by atoms with Gasteiger partial charge < -0.3 is 4.74 Å². The van der Waals surface area contributed by atoms with E-state index in [4.69, 9.17) is 9.73 Å². The summed E-state index contributed by atoms with van der Waals surface area (Å²) in [5.41, 5.74) is 8.01. The molecule has 0 aromatic heterocycles. The molecule has 0 fully saturated rings. The van der Waals surface area contributed by atoms with Gasteiger partial charge in [-0.05, 0) is 46.5 Å². The Balaban J connectivity index is 1.75. The number of allylic oxidation sites excluding steroid dienone is 1. The molecule has 4 aromatic rings. The molecule has 0 amide bonds. The van der Waals surface area contributed by atoms with Crippen LogP contribution in [0.5, 0.6) is 5.75 Å². The number of aliphatic imine (C=N–C) groups is 1. The fourth-order valence-corrected chi connectivity index (χ4v) is 4.22. The Morgan fingerprint density at radius 1 is 0.581 bits per heavy atom. The summed E-state index contributed by atoms with van der Waals surface area (Å²) in [5.74, 6) is 0.894. The van der Waals surface area contributed by atoms with Crippen molar-refractivity contribution < 1.29 is 4.74 Å². The summed E-state index contributed by atoms with van der Waals surface area (Å²) in [6, 6.07) is 39.9. The van der Waals surface area contributed by atoms with Gasteiger partial charge >= 0.3 is 0 Å². The standard InChI is InChI=1S/C29H23NO/c1-31-25-19-17-24(18-20-25)29-27(22-13-7-3-8-14-22)26(21-11-5-2-6-12-21)28(30-29)23-15-9-4-10-16-23/h2-20,27H,1H3. The zero-order valence-electron chi connectivity index (χ0n) is 17.4. The molecule has 0 aliphatic carbocycles. The molecule has 1 aliphatic heterocycles. The summed E-state index contributed by atoms with van der Waals surface area (Å²) in [6.45, 7) is 0. The Bertz CT molecular complexity index is 1220. The van der Waals surface area contributed by atoms with Crippen molar-refractivity contribution in [3.63, 3.8) is 0 Å². The Morgan fingerprint density at radius 3 is 1.71 bits per heavy atom. The topological polar surface area (TPSA) is 21.6 Å². The largest absolute Gasteiger partial charge is 0.497 e. The number of nitrogens with zero attached hydrogens (tertiary/aromatic N) is 1. The number of hydrogen-bond donors (Lipinski definition) is 0. The molecule has 1 unspecified atom stereocenters. The van der Waals surface area contributed by atoms with Crippen molar-refractivity contribution >= 4 is 17.0 Å². The van der Waals surface area contributed by atoms with E-state index in [0.29, 0.717) is 0 Å². The van der Waals surface area contributed by atoms with Crippen LogP contribution < -0.4 is 4.74 Å². The SMILES string of the molecule is COc1ccc(C2=NC(c3ccccc3)=C(c3ccccc3)C2c2ccccc2)cc1. The van der Waals surface area contributed by atoms with E-state index in [1.807, 2.05) is 18.2 Å². The van der Waals surface area contributed by atoms with E-state index in [9.17, 15) is 0 Å². The van der Waals surface area contributed by atoms with Crippen molar-refractivity contribution in [1.82, 2.24) is 0 Å². The zero-order chi connectivity index (χ0) is 21.0. The van der Waals surface area contributed by atoms with E-state index in [1.54, 1.807) is 7.11 Å². The average molecular weight is 402 g/mol. The highest BCUT2D eigenvalue weighted by Gasteiger charge is 2.33. The molecule has 0 saturated heterocycles. The first-order valence-corrected chi connectivity index (χ1v) is 10.5. The second-order valence-corrected chi connectivity index (χ2v) is 7.56. The summed E-state index contributed by atoms with van der Waals surface area (Å²) >= 11 is 0. The minimum absolute atomic E-state index is 0.0483. The maximum atomic E-state index is 5.37. The molecule has 1 atom stereocenters. The predicted molar refractivity (Wildman–Crippen MR) is 128 cm³/mol. The number of benzene rings is 4. The first-order valence-electron chi connectivity index (χ1n) is 10.5. The first kappa shape index (κ1) is 19.1. The van der Waals surface area contributed by atoms with Gasteiger partial charge in [-0.1, -0.05) is 91.0 Å². The monoisotopic (exact) mass is 401 g/mol. The molecule has 1 aliphatic rings. The maximum Gasteiger partial charge on any atom is 0.118 e. The second kappa shape index (κ2) is 8.45. The minimum atomic E-state index is 0.0483. The van der Waals surface area contributed by atoms with Crippen molar-refractivity contribution in [1.29, 1.82) is 0 Å². The van der Waals surface area contributed by atoms with E-state index in [0.717, 1.165) is 28.3 Å². The first-order chi connectivity index (χ1) is 15.3. The Morgan fingerprint density at radius 2 is 1.13 bits per heavy atom. The third kappa shape index (κ3) is 3.69. The molecule has 2 nitrogen and oxygen atoms in total. The summed E-state index contributed by atoms with van der Waals surface area (Å²) in [5, 5.41) is 0. The van der Waals surface area contributed by atoms with Crippen molar-refractivity contribution in [2.75, 3.05) is 7.11 Å². The van der Waals surface area contributed by atoms with Gasteiger partial charge in [-0.3, -0.25) is 4.99 Å². The molecule has 2 heteroatoms. The molecule has 0 saturated carbocycles. The summed E-state index contributed by atoms with van der Waals surface area (Å²) in [7, 11) is 1.69. The van der Waals surface area contributed by atoms with E-state index >= 15 is 0 Å².